The highest BCUT2D eigenvalue weighted by molar-refractivity contribution is 5.08. The van der Waals surface area contributed by atoms with Gasteiger partial charge in [0.25, 0.3) is 0 Å². The first-order chi connectivity index (χ1) is 6.75. The summed E-state index contributed by atoms with van der Waals surface area (Å²) in [5.74, 6) is 1.24. The van der Waals surface area contributed by atoms with Crippen LogP contribution in [0.1, 0.15) is 53.9 Å². The van der Waals surface area contributed by atoms with Crippen molar-refractivity contribution in [1.29, 1.82) is 0 Å². The van der Waals surface area contributed by atoms with Crippen LogP contribution in [0.5, 0.6) is 0 Å². The second kappa shape index (κ2) is 4.29. The molecule has 1 aliphatic carbocycles. The molecule has 0 amide bonds. The van der Waals surface area contributed by atoms with Crippen molar-refractivity contribution in [2.45, 2.75) is 59.5 Å². The molecule has 0 aromatic carbocycles. The monoisotopic (exact) mass is 210 g/mol. The normalized spacial score (nSPS) is 32.3. The molecule has 0 heterocycles. The predicted octanol–water partition coefficient (Wildman–Crippen LogP) is 3.78. The Morgan fingerprint density at radius 1 is 1.47 bits per heavy atom. The van der Waals surface area contributed by atoms with Crippen molar-refractivity contribution in [1.82, 2.24) is 0 Å². The van der Waals surface area contributed by atoms with Crippen LogP contribution in [-0.4, -0.2) is 10.7 Å². The minimum atomic E-state index is -0.555. The van der Waals surface area contributed by atoms with Gasteiger partial charge in [0.2, 0.25) is 0 Å². The molecule has 0 spiro atoms. The van der Waals surface area contributed by atoms with Crippen molar-refractivity contribution in [3.05, 3.63) is 12.2 Å². The summed E-state index contributed by atoms with van der Waals surface area (Å²) in [5, 5.41) is 10.5. The third-order valence-electron chi connectivity index (χ3n) is 4.09. The van der Waals surface area contributed by atoms with Gasteiger partial charge >= 0.3 is 0 Å². The molecule has 0 aliphatic heterocycles. The minimum absolute atomic E-state index is 0.208. The Labute approximate surface area is 94.6 Å². The first-order valence-corrected chi connectivity index (χ1v) is 6.17. The highest BCUT2D eigenvalue weighted by atomic mass is 16.3. The van der Waals surface area contributed by atoms with Crippen LogP contribution < -0.4 is 0 Å². The number of aliphatic hydroxyl groups is 1. The van der Waals surface area contributed by atoms with E-state index in [2.05, 4.69) is 40.7 Å². The van der Waals surface area contributed by atoms with E-state index in [9.17, 15) is 5.11 Å². The largest absolute Gasteiger partial charge is 0.386 e. The van der Waals surface area contributed by atoms with Crippen LogP contribution in [0.2, 0.25) is 0 Å². The molecule has 1 heteroatoms. The lowest BCUT2D eigenvalue weighted by Gasteiger charge is -2.39. The van der Waals surface area contributed by atoms with Crippen LogP contribution in [0.4, 0.5) is 0 Å². The molecule has 1 aliphatic rings. The van der Waals surface area contributed by atoms with Gasteiger partial charge in [0.15, 0.2) is 0 Å². The smallest absolute Gasteiger partial charge is 0.0833 e. The molecule has 0 fully saturated rings. The summed E-state index contributed by atoms with van der Waals surface area (Å²) in [6.07, 6.45) is 7.11. The molecule has 1 N–H and O–H groups in total. The van der Waals surface area contributed by atoms with Crippen LogP contribution in [0.3, 0.4) is 0 Å². The summed E-state index contributed by atoms with van der Waals surface area (Å²) in [6.45, 7) is 11.2. The van der Waals surface area contributed by atoms with Gasteiger partial charge in [-0.05, 0) is 36.5 Å². The maximum Gasteiger partial charge on any atom is 0.0833 e. The lowest BCUT2D eigenvalue weighted by molar-refractivity contribution is 0.0108. The fraction of sp³-hybridized carbons (Fsp3) is 0.857. The number of hydrogen-bond acceptors (Lipinski definition) is 1. The fourth-order valence-electron chi connectivity index (χ4n) is 2.14. The Morgan fingerprint density at radius 2 is 2.07 bits per heavy atom. The van der Waals surface area contributed by atoms with Crippen molar-refractivity contribution >= 4 is 0 Å². The van der Waals surface area contributed by atoms with Crippen molar-refractivity contribution in [2.75, 3.05) is 0 Å². The zero-order valence-electron chi connectivity index (χ0n) is 10.9. The van der Waals surface area contributed by atoms with Crippen LogP contribution >= 0.6 is 0 Å². The van der Waals surface area contributed by atoms with Crippen molar-refractivity contribution in [3.8, 4) is 0 Å². The van der Waals surface area contributed by atoms with E-state index in [4.69, 9.17) is 0 Å². The molecule has 1 nitrogen and oxygen atoms in total. The average Bonchev–Trinajstić information content (AvgIpc) is 2.09. The van der Waals surface area contributed by atoms with Gasteiger partial charge < -0.3 is 5.11 Å². The van der Waals surface area contributed by atoms with E-state index in [1.807, 2.05) is 6.08 Å². The van der Waals surface area contributed by atoms with Gasteiger partial charge in [-0.2, -0.15) is 0 Å². The van der Waals surface area contributed by atoms with E-state index >= 15 is 0 Å². The van der Waals surface area contributed by atoms with Gasteiger partial charge in [-0.1, -0.05) is 46.8 Å². The molecule has 0 aromatic rings. The SMILES string of the molecule is CC1C=CC(O)(CC(C)(C)C(C)C)CC1. The van der Waals surface area contributed by atoms with Gasteiger partial charge in [0.05, 0.1) is 5.60 Å². The first kappa shape index (κ1) is 12.8. The van der Waals surface area contributed by atoms with Gasteiger partial charge in [-0.3, -0.25) is 0 Å². The van der Waals surface area contributed by atoms with E-state index in [-0.39, 0.29) is 5.41 Å². The zero-order chi connectivity index (χ0) is 11.7. The Morgan fingerprint density at radius 3 is 2.47 bits per heavy atom. The molecule has 2 atom stereocenters. The predicted molar refractivity (Wildman–Crippen MR) is 65.7 cm³/mol. The second-order valence-corrected chi connectivity index (χ2v) is 6.30. The highest BCUT2D eigenvalue weighted by Crippen LogP contribution is 2.39. The molecule has 1 rings (SSSR count). The summed E-state index contributed by atoms with van der Waals surface area (Å²) in [4.78, 5) is 0. The maximum absolute atomic E-state index is 10.5. The Balaban J connectivity index is 2.69. The fourth-order valence-corrected chi connectivity index (χ4v) is 2.14. The molecular formula is C14H26O. The van der Waals surface area contributed by atoms with E-state index in [0.717, 1.165) is 19.3 Å². The molecule has 0 saturated carbocycles. The molecule has 88 valence electrons. The Kier molecular flexibility index (Phi) is 3.65. The van der Waals surface area contributed by atoms with Crippen LogP contribution in [-0.2, 0) is 0 Å². The lowest BCUT2D eigenvalue weighted by Crippen LogP contribution is -2.37. The van der Waals surface area contributed by atoms with Gasteiger partial charge in [-0.15, -0.1) is 0 Å². The summed E-state index contributed by atoms with van der Waals surface area (Å²) in [5.41, 5.74) is -0.347. The molecule has 2 unspecified atom stereocenters. The third-order valence-corrected chi connectivity index (χ3v) is 4.09. The quantitative estimate of drug-likeness (QED) is 0.703. The van der Waals surface area contributed by atoms with E-state index in [1.165, 1.54) is 0 Å². The molecule has 0 saturated heterocycles. The lowest BCUT2D eigenvalue weighted by atomic mass is 9.70. The second-order valence-electron chi connectivity index (χ2n) is 6.30. The van der Waals surface area contributed by atoms with Crippen LogP contribution in [0.15, 0.2) is 12.2 Å². The first-order valence-electron chi connectivity index (χ1n) is 6.17. The van der Waals surface area contributed by atoms with Gasteiger partial charge in [-0.25, -0.2) is 0 Å². The summed E-state index contributed by atoms with van der Waals surface area (Å²) in [6, 6.07) is 0. The third kappa shape index (κ3) is 3.34. The van der Waals surface area contributed by atoms with E-state index in [0.29, 0.717) is 11.8 Å². The van der Waals surface area contributed by atoms with Gasteiger partial charge in [0, 0.05) is 0 Å². The maximum atomic E-state index is 10.5. The standard InChI is InChI=1S/C14H26O/c1-11(2)13(4,5)10-14(15)8-6-12(3)7-9-14/h6,8,11-12,15H,7,9-10H2,1-5H3. The number of hydrogen-bond donors (Lipinski definition) is 1. The molecule has 15 heavy (non-hydrogen) atoms. The zero-order valence-corrected chi connectivity index (χ0v) is 10.9. The summed E-state index contributed by atoms with van der Waals surface area (Å²) in [7, 11) is 0. The average molecular weight is 210 g/mol. The number of allylic oxidation sites excluding steroid dienone is 1. The molecule has 0 aromatic heterocycles. The summed E-state index contributed by atoms with van der Waals surface area (Å²) >= 11 is 0. The Hall–Kier alpha value is -0.300. The molecular weight excluding hydrogens is 184 g/mol. The molecule has 0 radical (unpaired) electrons. The van der Waals surface area contributed by atoms with Crippen molar-refractivity contribution in [2.24, 2.45) is 17.3 Å². The van der Waals surface area contributed by atoms with Crippen molar-refractivity contribution < 1.29 is 5.11 Å². The number of rotatable bonds is 3. The topological polar surface area (TPSA) is 20.2 Å². The van der Waals surface area contributed by atoms with E-state index in [1.54, 1.807) is 0 Å². The van der Waals surface area contributed by atoms with E-state index < -0.39 is 5.60 Å². The summed E-state index contributed by atoms with van der Waals surface area (Å²) < 4.78 is 0. The Bertz CT molecular complexity index is 240. The molecule has 0 bridgehead atoms. The van der Waals surface area contributed by atoms with Crippen LogP contribution in [0, 0.1) is 17.3 Å². The highest BCUT2D eigenvalue weighted by Gasteiger charge is 2.35. The van der Waals surface area contributed by atoms with Crippen molar-refractivity contribution in [3.63, 3.8) is 0 Å². The minimum Gasteiger partial charge on any atom is -0.386 e. The van der Waals surface area contributed by atoms with Crippen LogP contribution in [0.25, 0.3) is 0 Å². The van der Waals surface area contributed by atoms with Gasteiger partial charge in [0.1, 0.15) is 0 Å².